The van der Waals surface area contributed by atoms with Crippen molar-refractivity contribution in [1.29, 1.82) is 0 Å². The first kappa shape index (κ1) is 19.8. The second-order valence-corrected chi connectivity index (χ2v) is 7.40. The molecule has 2 fully saturated rings. The molecule has 0 saturated carbocycles. The van der Waals surface area contributed by atoms with E-state index in [9.17, 15) is 23.1 Å². The number of halogens is 5. The van der Waals surface area contributed by atoms with Gasteiger partial charge in [-0.3, -0.25) is 0 Å². The number of fused-ring (bicyclic) bond motifs is 2. The average Bonchev–Trinajstić information content (AvgIpc) is 3.16. The van der Waals surface area contributed by atoms with E-state index in [2.05, 4.69) is 0 Å². The Labute approximate surface area is 166 Å². The van der Waals surface area contributed by atoms with E-state index in [4.69, 9.17) is 42.1 Å². The summed E-state index contributed by atoms with van der Waals surface area (Å²) in [6, 6.07) is 2.57. The van der Waals surface area contributed by atoms with Crippen molar-refractivity contribution >= 4 is 35.2 Å². The minimum Gasteiger partial charge on any atom is -0.474 e. The maximum atomic E-state index is 13.5. The molecule has 3 aliphatic rings. The smallest absolute Gasteiger partial charge is 0.430 e. The van der Waals surface area contributed by atoms with Gasteiger partial charge in [0, 0.05) is 10.6 Å². The number of hydrogen-bond donors (Lipinski definition) is 1. The third-order valence-electron chi connectivity index (χ3n) is 4.64. The first-order valence-corrected chi connectivity index (χ1v) is 8.97. The van der Waals surface area contributed by atoms with E-state index < -0.39 is 48.2 Å². The van der Waals surface area contributed by atoms with Crippen molar-refractivity contribution in [3.63, 3.8) is 0 Å². The fourth-order valence-corrected chi connectivity index (χ4v) is 3.95. The highest BCUT2D eigenvalue weighted by atomic mass is 35.5. The van der Waals surface area contributed by atoms with Crippen LogP contribution in [0.1, 0.15) is 5.56 Å². The molecule has 1 aromatic rings. The molecule has 0 spiro atoms. The normalized spacial score (nSPS) is 31.6. The van der Waals surface area contributed by atoms with Gasteiger partial charge >= 0.3 is 12.1 Å². The summed E-state index contributed by atoms with van der Waals surface area (Å²) < 4.78 is 61.4. The largest absolute Gasteiger partial charge is 0.474 e. The second-order valence-electron chi connectivity index (χ2n) is 6.55. The number of ether oxygens (including phenoxy) is 4. The lowest BCUT2D eigenvalue weighted by Gasteiger charge is -2.29. The molecule has 0 unspecified atom stereocenters. The van der Waals surface area contributed by atoms with Crippen molar-refractivity contribution in [2.24, 2.45) is 0 Å². The molecule has 4 rings (SSSR count). The molecule has 6 nitrogen and oxygen atoms in total. The maximum Gasteiger partial charge on any atom is 0.430 e. The van der Waals surface area contributed by atoms with Crippen LogP contribution in [0.15, 0.2) is 17.7 Å². The predicted molar refractivity (Wildman–Crippen MR) is 90.3 cm³/mol. The van der Waals surface area contributed by atoms with E-state index >= 15 is 0 Å². The van der Waals surface area contributed by atoms with Crippen molar-refractivity contribution in [3.8, 4) is 5.75 Å². The van der Waals surface area contributed by atoms with E-state index in [-0.39, 0.29) is 34.6 Å². The number of aliphatic hydroxyl groups is 1. The summed E-state index contributed by atoms with van der Waals surface area (Å²) in [5.74, 6) is -1.46. The molecule has 1 N–H and O–H groups in total. The molecule has 2 saturated heterocycles. The minimum atomic E-state index is -4.89. The summed E-state index contributed by atoms with van der Waals surface area (Å²) in [6.45, 7) is -0.109. The lowest BCUT2D eigenvalue weighted by atomic mass is 10.0. The summed E-state index contributed by atoms with van der Waals surface area (Å²) in [6.07, 6.45) is -9.72. The van der Waals surface area contributed by atoms with Gasteiger partial charge in [-0.1, -0.05) is 23.2 Å². The number of rotatable bonds is 2. The Morgan fingerprint density at radius 3 is 2.61 bits per heavy atom. The SMILES string of the molecule is O=C(O[C@H]1CO[C@H]2[C@@H]1OC[C@H]2O)C1=Cc2cc(Cl)cc(Cl)c2O[C@@H]1C(F)(F)F. The molecule has 11 heteroatoms. The summed E-state index contributed by atoms with van der Waals surface area (Å²) in [5, 5.41) is 9.77. The lowest BCUT2D eigenvalue weighted by molar-refractivity contribution is -0.189. The van der Waals surface area contributed by atoms with Crippen LogP contribution in [0.5, 0.6) is 5.75 Å². The van der Waals surface area contributed by atoms with Crippen LogP contribution in [0.3, 0.4) is 0 Å². The van der Waals surface area contributed by atoms with Crippen molar-refractivity contribution in [3.05, 3.63) is 33.3 Å². The number of benzene rings is 1. The van der Waals surface area contributed by atoms with E-state index in [0.29, 0.717) is 0 Å². The van der Waals surface area contributed by atoms with Crippen LogP contribution < -0.4 is 4.74 Å². The van der Waals surface area contributed by atoms with Gasteiger partial charge in [0.05, 0.1) is 23.8 Å². The second kappa shape index (κ2) is 7.07. The molecule has 3 aliphatic heterocycles. The van der Waals surface area contributed by atoms with Crippen molar-refractivity contribution < 1.29 is 42.0 Å². The maximum absolute atomic E-state index is 13.5. The van der Waals surface area contributed by atoms with Gasteiger partial charge in [0.15, 0.2) is 6.10 Å². The molecule has 0 bridgehead atoms. The monoisotopic (exact) mass is 440 g/mol. The Bertz CT molecular complexity index is 843. The number of carbonyl (C=O) groups excluding carboxylic acids is 1. The number of aliphatic hydroxyl groups excluding tert-OH is 1. The quantitative estimate of drug-likeness (QED) is 0.712. The van der Waals surface area contributed by atoms with Crippen LogP contribution in [0.4, 0.5) is 13.2 Å². The van der Waals surface area contributed by atoms with Gasteiger partial charge in [0.25, 0.3) is 0 Å². The van der Waals surface area contributed by atoms with Crippen molar-refractivity contribution in [1.82, 2.24) is 0 Å². The van der Waals surface area contributed by atoms with Crippen LogP contribution in [-0.2, 0) is 19.0 Å². The first-order chi connectivity index (χ1) is 13.1. The van der Waals surface area contributed by atoms with Gasteiger partial charge in [-0.2, -0.15) is 13.2 Å². The highest BCUT2D eigenvalue weighted by Crippen LogP contribution is 2.43. The molecule has 5 atom stereocenters. The summed E-state index contributed by atoms with van der Waals surface area (Å²) in [4.78, 5) is 12.6. The molecular weight excluding hydrogens is 428 g/mol. The molecule has 28 heavy (non-hydrogen) atoms. The molecular formula is C17H13Cl2F3O6. The van der Waals surface area contributed by atoms with E-state index in [1.165, 1.54) is 12.1 Å². The van der Waals surface area contributed by atoms with Gasteiger partial charge in [0.1, 0.15) is 24.1 Å². The zero-order valence-corrected chi connectivity index (χ0v) is 15.4. The molecule has 0 aromatic heterocycles. The molecule has 3 heterocycles. The lowest BCUT2D eigenvalue weighted by Crippen LogP contribution is -2.42. The molecule has 152 valence electrons. The standard InChI is InChI=1S/C17H13Cl2F3O6/c18-7-1-6-2-8(15(17(20,21)22)28-12(6)9(19)3-7)16(24)27-11-5-26-13-10(23)4-25-14(11)13/h1-3,10-11,13-15,23H,4-5H2/t10-,11+,13-,14-,15+/m1/s1. The van der Waals surface area contributed by atoms with Crippen molar-refractivity contribution in [2.75, 3.05) is 13.2 Å². The first-order valence-electron chi connectivity index (χ1n) is 8.21. The van der Waals surface area contributed by atoms with Crippen LogP contribution in [0, 0.1) is 0 Å². The van der Waals surface area contributed by atoms with Crippen LogP contribution in [0.2, 0.25) is 10.0 Å². The number of carbonyl (C=O) groups is 1. The van der Waals surface area contributed by atoms with Gasteiger partial charge in [-0.25, -0.2) is 4.79 Å². The Kier molecular flexibility index (Phi) is 4.99. The molecule has 1 aromatic carbocycles. The summed E-state index contributed by atoms with van der Waals surface area (Å²) in [5.41, 5.74) is -0.627. The fourth-order valence-electron chi connectivity index (χ4n) is 3.40. The zero-order chi connectivity index (χ0) is 20.2. The topological polar surface area (TPSA) is 74.2 Å². The Morgan fingerprint density at radius 2 is 1.89 bits per heavy atom. The Hall–Kier alpha value is -1.52. The van der Waals surface area contributed by atoms with Gasteiger partial charge in [0.2, 0.25) is 6.10 Å². The van der Waals surface area contributed by atoms with Crippen LogP contribution >= 0.6 is 23.2 Å². The van der Waals surface area contributed by atoms with E-state index in [1.54, 1.807) is 0 Å². The molecule has 0 aliphatic carbocycles. The van der Waals surface area contributed by atoms with E-state index in [1.807, 2.05) is 0 Å². The molecule has 0 amide bonds. The third kappa shape index (κ3) is 3.46. The van der Waals surface area contributed by atoms with Crippen molar-refractivity contribution in [2.45, 2.75) is 36.7 Å². The van der Waals surface area contributed by atoms with Crippen LogP contribution in [-0.4, -0.2) is 61.0 Å². The Balaban J connectivity index is 1.63. The van der Waals surface area contributed by atoms with E-state index in [0.717, 1.165) is 6.08 Å². The zero-order valence-electron chi connectivity index (χ0n) is 13.9. The number of hydrogen-bond acceptors (Lipinski definition) is 6. The van der Waals surface area contributed by atoms with Crippen LogP contribution in [0.25, 0.3) is 6.08 Å². The highest BCUT2D eigenvalue weighted by molar-refractivity contribution is 6.36. The number of alkyl halides is 3. The van der Waals surface area contributed by atoms with Gasteiger partial charge in [-0.15, -0.1) is 0 Å². The average molecular weight is 441 g/mol. The predicted octanol–water partition coefficient (Wildman–Crippen LogP) is 2.77. The molecule has 0 radical (unpaired) electrons. The number of esters is 1. The summed E-state index contributed by atoms with van der Waals surface area (Å²) in [7, 11) is 0. The van der Waals surface area contributed by atoms with Gasteiger partial charge in [-0.05, 0) is 18.2 Å². The summed E-state index contributed by atoms with van der Waals surface area (Å²) >= 11 is 11.8. The van der Waals surface area contributed by atoms with Gasteiger partial charge < -0.3 is 24.1 Å². The fraction of sp³-hybridized carbons (Fsp3) is 0.471. The Morgan fingerprint density at radius 1 is 1.18 bits per heavy atom. The third-order valence-corrected chi connectivity index (χ3v) is 5.14. The minimum absolute atomic E-state index is 0.00919. The highest BCUT2D eigenvalue weighted by Gasteiger charge is 2.52.